The van der Waals surface area contributed by atoms with Crippen molar-refractivity contribution >= 4 is 52.1 Å². The van der Waals surface area contributed by atoms with E-state index in [4.69, 9.17) is 39.8 Å². The van der Waals surface area contributed by atoms with Crippen LogP contribution in [0.3, 0.4) is 0 Å². The number of nitrogens with one attached hydrogen (secondary N) is 3. The lowest BCUT2D eigenvalue weighted by molar-refractivity contribution is 0.0917. The zero-order valence-electron chi connectivity index (χ0n) is 14.9. The van der Waals surface area contributed by atoms with Crippen LogP contribution in [-0.2, 0) is 6.42 Å². The van der Waals surface area contributed by atoms with E-state index in [1.165, 1.54) is 0 Å². The van der Waals surface area contributed by atoms with E-state index in [0.717, 1.165) is 17.7 Å². The summed E-state index contributed by atoms with van der Waals surface area (Å²) in [5.74, 6) is 0.0721. The molecule has 3 aromatic rings. The van der Waals surface area contributed by atoms with Gasteiger partial charge in [-0.1, -0.05) is 48.3 Å². The van der Waals surface area contributed by atoms with Crippen LogP contribution < -0.4 is 16.2 Å². The summed E-state index contributed by atoms with van der Waals surface area (Å²) >= 11 is 17.4. The van der Waals surface area contributed by atoms with Gasteiger partial charge in [0.15, 0.2) is 10.9 Å². The molecule has 1 heterocycles. The summed E-state index contributed by atoms with van der Waals surface area (Å²) in [6, 6.07) is 16.0. The number of amides is 1. The van der Waals surface area contributed by atoms with Crippen molar-refractivity contribution < 1.29 is 9.21 Å². The highest BCUT2D eigenvalue weighted by atomic mass is 35.5. The van der Waals surface area contributed by atoms with Gasteiger partial charge < -0.3 is 9.73 Å². The van der Waals surface area contributed by atoms with Crippen LogP contribution in [-0.4, -0.2) is 11.0 Å². The quantitative estimate of drug-likeness (QED) is 0.377. The van der Waals surface area contributed by atoms with E-state index in [0.29, 0.717) is 21.4 Å². The molecular formula is C20H17Cl2N3O2S. The molecule has 0 atom stereocenters. The molecule has 0 radical (unpaired) electrons. The minimum atomic E-state index is -0.475. The van der Waals surface area contributed by atoms with Gasteiger partial charge in [0.1, 0.15) is 5.76 Å². The lowest BCUT2D eigenvalue weighted by Crippen LogP contribution is -2.43. The molecule has 0 aliphatic carbocycles. The fourth-order valence-electron chi connectivity index (χ4n) is 2.57. The number of carbonyl (C=O) groups excluding carboxylic acids is 1. The Labute approximate surface area is 178 Å². The lowest BCUT2D eigenvalue weighted by atomic mass is 10.1. The monoisotopic (exact) mass is 433 g/mol. The first-order valence-corrected chi connectivity index (χ1v) is 9.65. The van der Waals surface area contributed by atoms with Gasteiger partial charge in [0.05, 0.1) is 5.02 Å². The molecular weight excluding hydrogens is 417 g/mol. The standard InChI is InChI=1S/C20H17Cl2N3O2S/c1-2-12-5-3-4-6-16(12)23-20(28)25-24-19(26)18-10-9-17(27-18)14-11-13(21)7-8-15(14)22/h3-11H,2H2,1H3,(H,24,26)(H2,23,25,28). The minimum Gasteiger partial charge on any atom is -0.451 e. The zero-order valence-corrected chi connectivity index (χ0v) is 17.2. The van der Waals surface area contributed by atoms with Crippen LogP contribution in [0.15, 0.2) is 59.0 Å². The van der Waals surface area contributed by atoms with Crippen LogP contribution in [0.5, 0.6) is 0 Å². The lowest BCUT2D eigenvalue weighted by Gasteiger charge is -2.13. The average molecular weight is 434 g/mol. The summed E-state index contributed by atoms with van der Waals surface area (Å²) in [7, 11) is 0. The Morgan fingerprint density at radius 2 is 1.86 bits per heavy atom. The van der Waals surface area contributed by atoms with Crippen molar-refractivity contribution in [3.8, 4) is 11.3 Å². The Kier molecular flexibility index (Phi) is 6.57. The fourth-order valence-corrected chi connectivity index (χ4v) is 3.11. The number of thiocarbonyl (C=S) groups is 1. The van der Waals surface area contributed by atoms with Gasteiger partial charge in [-0.05, 0) is 60.6 Å². The molecule has 0 bridgehead atoms. The van der Waals surface area contributed by atoms with Gasteiger partial charge in [0, 0.05) is 16.3 Å². The number of aryl methyl sites for hydroxylation is 1. The van der Waals surface area contributed by atoms with Crippen molar-refractivity contribution in [3.63, 3.8) is 0 Å². The van der Waals surface area contributed by atoms with Gasteiger partial charge in [-0.15, -0.1) is 0 Å². The summed E-state index contributed by atoms with van der Waals surface area (Å²) in [6.45, 7) is 2.05. The largest absolute Gasteiger partial charge is 0.451 e. The van der Waals surface area contributed by atoms with Crippen LogP contribution >= 0.6 is 35.4 Å². The number of rotatable bonds is 4. The highest BCUT2D eigenvalue weighted by Crippen LogP contribution is 2.31. The molecule has 2 aromatic carbocycles. The Morgan fingerprint density at radius 3 is 2.64 bits per heavy atom. The molecule has 0 fully saturated rings. The Bertz CT molecular complexity index is 1020. The highest BCUT2D eigenvalue weighted by Gasteiger charge is 2.14. The van der Waals surface area contributed by atoms with Gasteiger partial charge >= 0.3 is 5.91 Å². The fraction of sp³-hybridized carbons (Fsp3) is 0.100. The van der Waals surface area contributed by atoms with Gasteiger partial charge in [0.2, 0.25) is 0 Å². The van der Waals surface area contributed by atoms with Crippen molar-refractivity contribution in [2.75, 3.05) is 5.32 Å². The highest BCUT2D eigenvalue weighted by molar-refractivity contribution is 7.80. The molecule has 0 spiro atoms. The van der Waals surface area contributed by atoms with Gasteiger partial charge in [-0.3, -0.25) is 15.6 Å². The second-order valence-electron chi connectivity index (χ2n) is 5.83. The number of anilines is 1. The van der Waals surface area contributed by atoms with E-state index in [2.05, 4.69) is 23.1 Å². The third kappa shape index (κ3) is 4.84. The molecule has 3 N–H and O–H groups in total. The summed E-state index contributed by atoms with van der Waals surface area (Å²) in [6.07, 6.45) is 0.860. The van der Waals surface area contributed by atoms with Crippen LogP contribution in [0.4, 0.5) is 5.69 Å². The van der Waals surface area contributed by atoms with Gasteiger partial charge in [-0.2, -0.15) is 0 Å². The van der Waals surface area contributed by atoms with E-state index in [9.17, 15) is 4.79 Å². The van der Waals surface area contributed by atoms with E-state index in [-0.39, 0.29) is 10.9 Å². The molecule has 8 heteroatoms. The smallest absolute Gasteiger partial charge is 0.305 e. The Morgan fingerprint density at radius 1 is 1.07 bits per heavy atom. The SMILES string of the molecule is CCc1ccccc1NC(=S)NNC(=O)c1ccc(-c2cc(Cl)ccc2Cl)o1. The second kappa shape index (κ2) is 9.10. The van der Waals surface area contributed by atoms with Gasteiger partial charge in [0.25, 0.3) is 0 Å². The van der Waals surface area contributed by atoms with Crippen LogP contribution in [0.25, 0.3) is 11.3 Å². The molecule has 0 saturated heterocycles. The van der Waals surface area contributed by atoms with Crippen LogP contribution in [0.2, 0.25) is 10.0 Å². The molecule has 5 nitrogen and oxygen atoms in total. The van der Waals surface area contributed by atoms with E-state index in [1.54, 1.807) is 30.3 Å². The molecule has 0 aliphatic rings. The van der Waals surface area contributed by atoms with Crippen LogP contribution in [0.1, 0.15) is 23.0 Å². The number of hydrogen-bond acceptors (Lipinski definition) is 3. The predicted molar refractivity (Wildman–Crippen MR) is 117 cm³/mol. The van der Waals surface area contributed by atoms with Crippen molar-refractivity contribution in [1.29, 1.82) is 0 Å². The van der Waals surface area contributed by atoms with Gasteiger partial charge in [-0.25, -0.2) is 0 Å². The molecule has 0 unspecified atom stereocenters. The maximum Gasteiger partial charge on any atom is 0.305 e. The number of carbonyl (C=O) groups is 1. The van der Waals surface area contributed by atoms with Crippen molar-refractivity contribution in [2.24, 2.45) is 0 Å². The third-order valence-electron chi connectivity index (χ3n) is 3.96. The second-order valence-corrected chi connectivity index (χ2v) is 7.08. The maximum absolute atomic E-state index is 12.3. The number of furan rings is 1. The molecule has 0 saturated carbocycles. The van der Waals surface area contributed by atoms with Crippen LogP contribution in [0, 0.1) is 0 Å². The van der Waals surface area contributed by atoms with E-state index >= 15 is 0 Å². The van der Waals surface area contributed by atoms with E-state index < -0.39 is 5.91 Å². The molecule has 28 heavy (non-hydrogen) atoms. The first kappa shape index (κ1) is 20.2. The summed E-state index contributed by atoms with van der Waals surface area (Å²) < 4.78 is 5.60. The number of para-hydroxylation sites is 1. The molecule has 144 valence electrons. The Hall–Kier alpha value is -2.54. The van der Waals surface area contributed by atoms with Crippen molar-refractivity contribution in [2.45, 2.75) is 13.3 Å². The normalized spacial score (nSPS) is 10.4. The molecule has 1 aromatic heterocycles. The first-order chi connectivity index (χ1) is 13.5. The summed E-state index contributed by atoms with van der Waals surface area (Å²) in [4.78, 5) is 12.3. The average Bonchev–Trinajstić information content (AvgIpc) is 3.18. The number of benzene rings is 2. The summed E-state index contributed by atoms with van der Waals surface area (Å²) in [5, 5.41) is 4.32. The third-order valence-corrected chi connectivity index (χ3v) is 4.73. The summed E-state index contributed by atoms with van der Waals surface area (Å²) in [5.41, 5.74) is 7.77. The Balaban J connectivity index is 1.62. The van der Waals surface area contributed by atoms with Crippen molar-refractivity contribution in [1.82, 2.24) is 10.9 Å². The number of hydrogen-bond donors (Lipinski definition) is 3. The first-order valence-electron chi connectivity index (χ1n) is 8.48. The molecule has 3 rings (SSSR count). The molecule has 1 amide bonds. The zero-order chi connectivity index (χ0) is 20.1. The van der Waals surface area contributed by atoms with Crippen molar-refractivity contribution in [3.05, 3.63) is 76.0 Å². The minimum absolute atomic E-state index is 0.107. The van der Waals surface area contributed by atoms with E-state index in [1.807, 2.05) is 24.3 Å². The number of halogens is 2. The molecule has 0 aliphatic heterocycles. The maximum atomic E-state index is 12.3. The topological polar surface area (TPSA) is 66.3 Å². The number of hydrazine groups is 1. The predicted octanol–water partition coefficient (Wildman–Crippen LogP) is 5.45.